The molecule has 0 aromatic heterocycles. The Morgan fingerprint density at radius 1 is 0.303 bits per heavy atom. The fourth-order valence-corrected chi connectivity index (χ4v) is 12.0. The highest BCUT2D eigenvalue weighted by Gasteiger charge is 2.48. The van der Waals surface area contributed by atoms with Crippen molar-refractivity contribution in [1.82, 2.24) is 0 Å². The molecule has 6 aromatic carbocycles. The minimum atomic E-state index is -2.35. The van der Waals surface area contributed by atoms with Crippen molar-refractivity contribution in [3.05, 3.63) is 204 Å². The molecular weight excluding hydrogens is 1110 g/mol. The van der Waals surface area contributed by atoms with Crippen LogP contribution in [0.15, 0.2) is 182 Å². The van der Waals surface area contributed by atoms with Gasteiger partial charge in [-0.3, -0.25) is 0 Å². The molecule has 0 N–H and O–H groups in total. The Bertz CT molecular complexity index is 3060. The zero-order valence-corrected chi connectivity index (χ0v) is 54.1. The van der Waals surface area contributed by atoms with Crippen LogP contribution in [0.25, 0.3) is 33.4 Å². The predicted octanol–water partition coefficient (Wildman–Crippen LogP) is 24.4. The topological polar surface area (TPSA) is 36.9 Å². The van der Waals surface area contributed by atoms with Gasteiger partial charge in [-0.05, 0) is 120 Å². The van der Waals surface area contributed by atoms with Gasteiger partial charge in [-0.25, -0.2) is 17.6 Å². The number of allylic oxidation sites excluding steroid dienone is 8. The summed E-state index contributed by atoms with van der Waals surface area (Å²) in [5.74, 6) is 3.07. The normalized spacial score (nSPS) is 17.8. The quantitative estimate of drug-likeness (QED) is 0.0285. The van der Waals surface area contributed by atoms with E-state index in [9.17, 15) is 0 Å². The Labute approximate surface area is 532 Å². The molecule has 4 atom stereocenters. The van der Waals surface area contributed by atoms with E-state index < -0.39 is 23.7 Å². The molecule has 0 heterocycles. The van der Waals surface area contributed by atoms with Crippen LogP contribution in [-0.2, 0) is 11.3 Å². The third-order valence-corrected chi connectivity index (χ3v) is 17.2. The molecule has 4 unspecified atom stereocenters. The summed E-state index contributed by atoms with van der Waals surface area (Å²) < 4.78 is 89.9. The summed E-state index contributed by atoms with van der Waals surface area (Å²) in [5, 5.41) is 0. The standard InChI is InChI=1S/C41H52F2O2.C40H50F2O2/c1-3-5-7-9-10-11-13-17-32-45-36-29-25-34(26-30-36)38-21-18-22-40(42)41(38,43)39-20-15-14-19-37(39)33-23-27-35(28-24-33)44-31-16-12-8-6-4-2;1-3-5-7-9-10-12-16-31-44-35-28-24-33(25-29-35)37-20-17-21-39(41)40(37,42)38-19-14-13-18-36(38)32-22-26-34(27-23-32)43-30-15-11-8-6-4-2/h14-15,18-30,40H,3-13,16-17,31-32H2,1-2H3;13-14,17-29,39H,3-12,15-16,30-31H2,1-2H3. The second kappa shape index (κ2) is 38.7. The highest BCUT2D eigenvalue weighted by Crippen LogP contribution is 2.51. The lowest BCUT2D eigenvalue weighted by molar-refractivity contribution is 0.136. The van der Waals surface area contributed by atoms with Crippen molar-refractivity contribution in [2.24, 2.45) is 0 Å². The highest BCUT2D eigenvalue weighted by atomic mass is 19.2. The van der Waals surface area contributed by atoms with Crippen molar-refractivity contribution in [3.8, 4) is 45.3 Å². The van der Waals surface area contributed by atoms with Gasteiger partial charge in [-0.1, -0.05) is 284 Å². The van der Waals surface area contributed by atoms with Crippen LogP contribution in [0.2, 0.25) is 0 Å². The Kier molecular flexibility index (Phi) is 30.3. The molecular formula is C81H102F4O4. The lowest BCUT2D eigenvalue weighted by Crippen LogP contribution is -2.34. The van der Waals surface area contributed by atoms with Crippen molar-refractivity contribution >= 4 is 11.1 Å². The maximum Gasteiger partial charge on any atom is 0.196 e. The van der Waals surface area contributed by atoms with Crippen LogP contribution >= 0.6 is 0 Å². The molecule has 2 aliphatic carbocycles. The number of hydrogen-bond acceptors (Lipinski definition) is 4. The Morgan fingerprint density at radius 3 is 0.831 bits per heavy atom. The van der Waals surface area contributed by atoms with E-state index in [0.717, 1.165) is 66.2 Å². The van der Waals surface area contributed by atoms with Crippen LogP contribution in [0.3, 0.4) is 0 Å². The monoisotopic (exact) mass is 1210 g/mol. The molecule has 0 radical (unpaired) electrons. The van der Waals surface area contributed by atoms with E-state index in [1.807, 2.05) is 121 Å². The molecule has 0 amide bonds. The molecule has 0 bridgehead atoms. The number of unbranched alkanes of at least 4 members (excludes halogenated alkanes) is 21. The molecule has 8 heteroatoms. The average molecular weight is 1220 g/mol. The minimum absolute atomic E-state index is 0.307. The number of halogens is 4. The molecule has 0 aliphatic heterocycles. The van der Waals surface area contributed by atoms with Gasteiger partial charge in [0, 0.05) is 22.3 Å². The molecule has 0 fully saturated rings. The van der Waals surface area contributed by atoms with Crippen LogP contribution in [0.1, 0.15) is 210 Å². The van der Waals surface area contributed by atoms with Crippen molar-refractivity contribution in [1.29, 1.82) is 0 Å². The Balaban J connectivity index is 0.000000254. The Hall–Kier alpha value is -6.80. The Morgan fingerprint density at radius 2 is 0.551 bits per heavy atom. The van der Waals surface area contributed by atoms with Gasteiger partial charge in [0.2, 0.25) is 0 Å². The number of alkyl halides is 4. The number of ether oxygens (including phenoxy) is 4. The summed E-state index contributed by atoms with van der Waals surface area (Å²) in [4.78, 5) is 0. The van der Waals surface area contributed by atoms with E-state index in [1.54, 1.807) is 48.6 Å². The van der Waals surface area contributed by atoms with Crippen molar-refractivity contribution in [2.45, 2.75) is 212 Å². The van der Waals surface area contributed by atoms with Crippen molar-refractivity contribution in [3.63, 3.8) is 0 Å². The molecule has 0 spiro atoms. The van der Waals surface area contributed by atoms with Gasteiger partial charge in [-0.15, -0.1) is 0 Å². The molecule has 89 heavy (non-hydrogen) atoms. The van der Waals surface area contributed by atoms with Crippen molar-refractivity contribution in [2.75, 3.05) is 26.4 Å². The van der Waals surface area contributed by atoms with Crippen LogP contribution in [0.5, 0.6) is 23.0 Å². The maximum atomic E-state index is 17.3. The van der Waals surface area contributed by atoms with Gasteiger partial charge in [0.25, 0.3) is 0 Å². The zero-order chi connectivity index (χ0) is 62.8. The van der Waals surface area contributed by atoms with Crippen LogP contribution in [0.4, 0.5) is 17.6 Å². The number of rotatable bonds is 39. The summed E-state index contributed by atoms with van der Waals surface area (Å²) >= 11 is 0. The molecule has 6 aromatic rings. The third-order valence-electron chi connectivity index (χ3n) is 17.2. The van der Waals surface area contributed by atoms with E-state index >= 15 is 17.6 Å². The number of benzene rings is 6. The molecule has 8 rings (SSSR count). The van der Waals surface area contributed by atoms with Crippen molar-refractivity contribution < 1.29 is 36.5 Å². The second-order valence-corrected chi connectivity index (χ2v) is 24.2. The molecule has 0 saturated heterocycles. The molecule has 0 saturated carbocycles. The fourth-order valence-electron chi connectivity index (χ4n) is 12.0. The molecule has 478 valence electrons. The van der Waals surface area contributed by atoms with Crippen LogP contribution in [0, 0.1) is 0 Å². The van der Waals surface area contributed by atoms with E-state index in [4.69, 9.17) is 18.9 Å². The maximum absolute atomic E-state index is 17.3. The largest absolute Gasteiger partial charge is 0.494 e. The van der Waals surface area contributed by atoms with Gasteiger partial charge >= 0.3 is 0 Å². The van der Waals surface area contributed by atoms with E-state index in [2.05, 4.69) is 27.7 Å². The highest BCUT2D eigenvalue weighted by molar-refractivity contribution is 5.84. The smallest absolute Gasteiger partial charge is 0.196 e. The summed E-state index contributed by atoms with van der Waals surface area (Å²) in [6.07, 6.45) is 36.0. The van der Waals surface area contributed by atoms with E-state index in [1.165, 1.54) is 141 Å². The van der Waals surface area contributed by atoms with Gasteiger partial charge in [-0.2, -0.15) is 0 Å². The van der Waals surface area contributed by atoms with E-state index in [0.29, 0.717) is 71.0 Å². The summed E-state index contributed by atoms with van der Waals surface area (Å²) in [6.45, 7) is 11.6. The third kappa shape index (κ3) is 20.9. The summed E-state index contributed by atoms with van der Waals surface area (Å²) in [7, 11) is 0. The average Bonchev–Trinajstić information content (AvgIpc) is 1.03. The second-order valence-electron chi connectivity index (χ2n) is 24.2. The molecule has 2 aliphatic rings. The van der Waals surface area contributed by atoms with Gasteiger partial charge in [0.15, 0.2) is 23.7 Å². The first-order chi connectivity index (χ1) is 43.6. The fraction of sp³-hybridized carbons (Fsp3) is 0.457. The van der Waals surface area contributed by atoms with E-state index in [-0.39, 0.29) is 0 Å². The first-order valence-corrected chi connectivity index (χ1v) is 34.2. The van der Waals surface area contributed by atoms with Crippen LogP contribution in [-0.4, -0.2) is 38.8 Å². The summed E-state index contributed by atoms with van der Waals surface area (Å²) in [5.41, 5.74) is 0.801. The van der Waals surface area contributed by atoms with Gasteiger partial charge in [0.1, 0.15) is 23.0 Å². The zero-order valence-electron chi connectivity index (χ0n) is 54.1. The lowest BCUT2D eigenvalue weighted by atomic mass is 9.75. The van der Waals surface area contributed by atoms with Crippen LogP contribution < -0.4 is 18.9 Å². The predicted molar refractivity (Wildman–Crippen MR) is 366 cm³/mol. The first kappa shape index (κ1) is 69.7. The summed E-state index contributed by atoms with van der Waals surface area (Å²) in [6, 6.07) is 44.6. The molecule has 4 nitrogen and oxygen atoms in total. The SMILES string of the molecule is CCCCCCCCCCOc1ccc(C2=CC=CC(F)C2(F)c2ccccc2-c2ccc(OCCCCCCC)cc2)cc1.CCCCCCCCCOc1ccc(C2=CC=CC(F)C2(F)c2ccccc2-c2ccc(OCCCCCCC)cc2)cc1. The minimum Gasteiger partial charge on any atom is -0.494 e. The van der Waals surface area contributed by atoms with Gasteiger partial charge in [0.05, 0.1) is 26.4 Å². The first-order valence-electron chi connectivity index (χ1n) is 34.2. The lowest BCUT2D eigenvalue weighted by Gasteiger charge is -2.34. The van der Waals surface area contributed by atoms with Gasteiger partial charge < -0.3 is 18.9 Å². The number of hydrogen-bond donors (Lipinski definition) is 0.